The molecule has 12 aromatic rings. The maximum atomic E-state index is 5.22. The fourth-order valence-corrected chi connectivity index (χ4v) is 9.74. The summed E-state index contributed by atoms with van der Waals surface area (Å²) in [5.41, 5.74) is 8.39. The third kappa shape index (κ3) is 5.32. The standard InChI is InChI=1S/C53H32N4S/c1-3-13-33(14-4-1)51-54-52(34-15-5-2-6-16-34)56-53(55-51)43-26-24-40(32-44(43)39-23-25-42-41-21-11-12-22-49(41)58-50(42)31-39)57-47-29-37-19-9-7-17-35(37)27-45(47)46-28-36-18-8-10-20-38(36)30-48(46)57/h1-32H. The number of benzene rings is 9. The first-order valence-corrected chi connectivity index (χ1v) is 20.3. The normalized spacial score (nSPS) is 11.8. The van der Waals surface area contributed by atoms with Gasteiger partial charge in [-0.05, 0) is 87.3 Å². The molecule has 0 saturated heterocycles. The van der Waals surface area contributed by atoms with Gasteiger partial charge in [0.05, 0.1) is 11.0 Å². The summed E-state index contributed by atoms with van der Waals surface area (Å²) in [5, 5.41) is 9.89. The van der Waals surface area contributed by atoms with Crippen LogP contribution in [0, 0.1) is 0 Å². The largest absolute Gasteiger partial charge is 0.309 e. The zero-order valence-corrected chi connectivity index (χ0v) is 32.0. The van der Waals surface area contributed by atoms with Gasteiger partial charge >= 0.3 is 0 Å². The molecule has 5 heteroatoms. The first kappa shape index (κ1) is 32.7. The second-order valence-corrected chi connectivity index (χ2v) is 15.9. The van der Waals surface area contributed by atoms with Gasteiger partial charge in [0, 0.05) is 53.3 Å². The average Bonchev–Trinajstić information content (AvgIpc) is 3.81. The molecule has 0 amide bonds. The number of hydrogen-bond donors (Lipinski definition) is 0. The van der Waals surface area contributed by atoms with Crippen LogP contribution in [0.5, 0.6) is 0 Å². The van der Waals surface area contributed by atoms with E-state index < -0.39 is 0 Å². The van der Waals surface area contributed by atoms with Crippen molar-refractivity contribution in [3.05, 3.63) is 194 Å². The Bertz CT molecular complexity index is 3420. The van der Waals surface area contributed by atoms with Crippen molar-refractivity contribution in [1.82, 2.24) is 19.5 Å². The second-order valence-electron chi connectivity index (χ2n) is 14.8. The monoisotopic (exact) mass is 756 g/mol. The van der Waals surface area contributed by atoms with Crippen molar-refractivity contribution < 1.29 is 0 Å². The highest BCUT2D eigenvalue weighted by Gasteiger charge is 2.20. The van der Waals surface area contributed by atoms with Crippen molar-refractivity contribution in [2.45, 2.75) is 0 Å². The molecule has 3 aromatic heterocycles. The fourth-order valence-electron chi connectivity index (χ4n) is 8.59. The van der Waals surface area contributed by atoms with E-state index in [1.54, 1.807) is 0 Å². The van der Waals surface area contributed by atoms with E-state index >= 15 is 0 Å². The maximum absolute atomic E-state index is 5.22. The van der Waals surface area contributed by atoms with Crippen molar-refractivity contribution in [1.29, 1.82) is 0 Å². The molecule has 4 nitrogen and oxygen atoms in total. The summed E-state index contributed by atoms with van der Waals surface area (Å²) in [5.74, 6) is 1.91. The molecule has 3 heterocycles. The molecule has 12 rings (SSSR count). The first-order valence-electron chi connectivity index (χ1n) is 19.5. The topological polar surface area (TPSA) is 43.6 Å². The van der Waals surface area contributed by atoms with Gasteiger partial charge in [-0.15, -0.1) is 11.3 Å². The van der Waals surface area contributed by atoms with Crippen molar-refractivity contribution in [2.75, 3.05) is 0 Å². The zero-order valence-electron chi connectivity index (χ0n) is 31.2. The average molecular weight is 757 g/mol. The van der Waals surface area contributed by atoms with Crippen LogP contribution in [-0.2, 0) is 0 Å². The fraction of sp³-hybridized carbons (Fsp3) is 0. The van der Waals surface area contributed by atoms with Crippen LogP contribution in [-0.4, -0.2) is 19.5 Å². The van der Waals surface area contributed by atoms with Crippen molar-refractivity contribution in [3.63, 3.8) is 0 Å². The summed E-state index contributed by atoms with van der Waals surface area (Å²) in [6, 6.07) is 69.4. The van der Waals surface area contributed by atoms with Crippen LogP contribution in [0.25, 0.3) is 115 Å². The lowest BCUT2D eigenvalue weighted by Crippen LogP contribution is -2.02. The molecule has 58 heavy (non-hydrogen) atoms. The Labute approximate surface area is 338 Å². The highest BCUT2D eigenvalue weighted by Crippen LogP contribution is 2.42. The molecule has 0 saturated carbocycles. The van der Waals surface area contributed by atoms with E-state index in [0.717, 1.165) is 33.5 Å². The number of fused-ring (bicyclic) bond motifs is 8. The summed E-state index contributed by atoms with van der Waals surface area (Å²) in [7, 11) is 0. The summed E-state index contributed by atoms with van der Waals surface area (Å²) < 4.78 is 4.97. The molecular weight excluding hydrogens is 725 g/mol. The minimum atomic E-state index is 0.630. The van der Waals surface area contributed by atoms with E-state index in [9.17, 15) is 0 Å². The molecule has 0 aliphatic carbocycles. The minimum absolute atomic E-state index is 0.630. The van der Waals surface area contributed by atoms with Crippen LogP contribution in [0.2, 0.25) is 0 Å². The Morgan fingerprint density at radius 2 is 0.845 bits per heavy atom. The Morgan fingerprint density at radius 3 is 1.47 bits per heavy atom. The Kier molecular flexibility index (Phi) is 7.37. The third-order valence-corrected chi connectivity index (χ3v) is 12.5. The smallest absolute Gasteiger partial charge is 0.164 e. The molecule has 0 aliphatic rings. The van der Waals surface area contributed by atoms with Crippen LogP contribution in [0.1, 0.15) is 0 Å². The van der Waals surface area contributed by atoms with Gasteiger partial charge in [-0.3, -0.25) is 0 Å². The van der Waals surface area contributed by atoms with E-state index in [1.807, 2.05) is 47.7 Å². The van der Waals surface area contributed by atoms with Crippen molar-refractivity contribution in [2.24, 2.45) is 0 Å². The van der Waals surface area contributed by atoms with Crippen LogP contribution >= 0.6 is 11.3 Å². The molecule has 0 unspecified atom stereocenters. The van der Waals surface area contributed by atoms with E-state index in [2.05, 4.69) is 162 Å². The van der Waals surface area contributed by atoms with Gasteiger partial charge in [0.1, 0.15) is 0 Å². The lowest BCUT2D eigenvalue weighted by Gasteiger charge is -2.16. The minimum Gasteiger partial charge on any atom is -0.309 e. The summed E-state index contributed by atoms with van der Waals surface area (Å²) >= 11 is 1.83. The molecular formula is C53H32N4S. The molecule has 0 aliphatic heterocycles. The molecule has 0 spiro atoms. The summed E-state index contributed by atoms with van der Waals surface area (Å²) in [4.78, 5) is 15.5. The van der Waals surface area contributed by atoms with Gasteiger partial charge in [0.2, 0.25) is 0 Å². The van der Waals surface area contributed by atoms with Crippen LogP contribution in [0.4, 0.5) is 0 Å². The molecule has 9 aromatic carbocycles. The Hall–Kier alpha value is -7.47. The maximum Gasteiger partial charge on any atom is 0.164 e. The van der Waals surface area contributed by atoms with Gasteiger partial charge in [0.25, 0.3) is 0 Å². The zero-order chi connectivity index (χ0) is 38.2. The number of rotatable bonds is 5. The van der Waals surface area contributed by atoms with Gasteiger partial charge in [-0.25, -0.2) is 15.0 Å². The van der Waals surface area contributed by atoms with Crippen molar-refractivity contribution >= 4 is 74.9 Å². The lowest BCUT2D eigenvalue weighted by molar-refractivity contribution is 1.07. The summed E-state index contributed by atoms with van der Waals surface area (Å²) in [6.45, 7) is 0. The Balaban J connectivity index is 1.16. The number of aromatic nitrogens is 4. The van der Waals surface area contributed by atoms with Crippen LogP contribution in [0.15, 0.2) is 194 Å². The predicted molar refractivity (Wildman–Crippen MR) is 244 cm³/mol. The van der Waals surface area contributed by atoms with Gasteiger partial charge in [0.15, 0.2) is 17.5 Å². The number of hydrogen-bond acceptors (Lipinski definition) is 4. The molecule has 0 bridgehead atoms. The van der Waals surface area contributed by atoms with Gasteiger partial charge in [-0.1, -0.05) is 140 Å². The highest BCUT2D eigenvalue weighted by atomic mass is 32.1. The molecule has 0 fully saturated rings. The van der Waals surface area contributed by atoms with E-state index in [4.69, 9.17) is 15.0 Å². The molecule has 0 N–H and O–H groups in total. The first-order chi connectivity index (χ1) is 28.7. The molecule has 270 valence electrons. The highest BCUT2D eigenvalue weighted by molar-refractivity contribution is 7.25. The van der Waals surface area contributed by atoms with Gasteiger partial charge in [-0.2, -0.15) is 0 Å². The SMILES string of the molecule is c1ccc(-c2nc(-c3ccccc3)nc(-c3ccc(-n4c5cc6ccccc6cc5c5cc6ccccc6cc54)cc3-c3ccc4c(c3)sc3ccccc34)n2)cc1. The number of nitrogens with zero attached hydrogens (tertiary/aromatic N) is 4. The molecule has 0 radical (unpaired) electrons. The van der Waals surface area contributed by atoms with Gasteiger partial charge < -0.3 is 4.57 Å². The molecule has 0 atom stereocenters. The summed E-state index contributed by atoms with van der Waals surface area (Å²) in [6.07, 6.45) is 0. The Morgan fingerprint density at radius 1 is 0.328 bits per heavy atom. The number of thiophene rings is 1. The second kappa shape index (κ2) is 13.1. The van der Waals surface area contributed by atoms with E-state index in [0.29, 0.717) is 17.5 Å². The van der Waals surface area contributed by atoms with E-state index in [1.165, 1.54) is 63.5 Å². The van der Waals surface area contributed by atoms with Crippen molar-refractivity contribution in [3.8, 4) is 51.0 Å². The van der Waals surface area contributed by atoms with Crippen LogP contribution < -0.4 is 0 Å². The quantitative estimate of drug-likeness (QED) is 0.176. The third-order valence-electron chi connectivity index (χ3n) is 11.4. The predicted octanol–water partition coefficient (Wildman–Crippen LogP) is 14.3. The lowest BCUT2D eigenvalue weighted by atomic mass is 9.97. The van der Waals surface area contributed by atoms with E-state index in [-0.39, 0.29) is 0 Å². The van der Waals surface area contributed by atoms with Crippen LogP contribution in [0.3, 0.4) is 0 Å².